The van der Waals surface area contributed by atoms with Gasteiger partial charge in [-0.05, 0) is 18.7 Å². The second-order valence-electron chi connectivity index (χ2n) is 2.66. The molecule has 0 aliphatic heterocycles. The fraction of sp³-hybridized carbons (Fsp3) is 0.250. The summed E-state index contributed by atoms with van der Waals surface area (Å²) in [5.41, 5.74) is 0. The van der Waals surface area contributed by atoms with Crippen LogP contribution in [0, 0.1) is 0 Å². The molecule has 7 heteroatoms. The minimum atomic E-state index is 0.719. The first-order valence-corrected chi connectivity index (χ1v) is 5.29. The highest BCUT2D eigenvalue weighted by atomic mass is 32.2. The van der Waals surface area contributed by atoms with E-state index in [4.69, 9.17) is 0 Å². The fourth-order valence-corrected chi connectivity index (χ4v) is 1.68. The Balaban J connectivity index is 2.11. The number of aromatic amines is 1. The number of hydrogen-bond donors (Lipinski definition) is 2. The van der Waals surface area contributed by atoms with Gasteiger partial charge in [-0.15, -0.1) is 0 Å². The highest BCUT2D eigenvalue weighted by Crippen LogP contribution is 2.22. The lowest BCUT2D eigenvalue weighted by atomic mass is 10.5. The first kappa shape index (κ1) is 9.91. The Hall–Kier alpha value is -1.63. The van der Waals surface area contributed by atoms with Gasteiger partial charge in [-0.3, -0.25) is 5.10 Å². The summed E-state index contributed by atoms with van der Waals surface area (Å²) in [6.07, 6.45) is 2.99. The van der Waals surface area contributed by atoms with E-state index < -0.39 is 0 Å². The van der Waals surface area contributed by atoms with E-state index in [1.165, 1.54) is 24.4 Å². The van der Waals surface area contributed by atoms with Crippen molar-refractivity contribution >= 4 is 17.6 Å². The number of aromatic nitrogens is 5. The van der Waals surface area contributed by atoms with Crippen LogP contribution in [0.4, 0.5) is 5.82 Å². The zero-order valence-corrected chi connectivity index (χ0v) is 8.95. The first-order chi connectivity index (χ1) is 7.38. The zero-order valence-electron chi connectivity index (χ0n) is 8.14. The summed E-state index contributed by atoms with van der Waals surface area (Å²) in [7, 11) is 0. The van der Waals surface area contributed by atoms with Crippen molar-refractivity contribution < 1.29 is 0 Å². The van der Waals surface area contributed by atoms with Gasteiger partial charge in [-0.2, -0.15) is 5.10 Å². The second-order valence-corrected chi connectivity index (χ2v) is 3.67. The molecule has 0 bridgehead atoms. The van der Waals surface area contributed by atoms with Gasteiger partial charge in [0.05, 0.1) is 0 Å². The normalized spacial score (nSPS) is 10.2. The zero-order chi connectivity index (χ0) is 10.5. The molecule has 2 aromatic rings. The molecule has 6 nitrogen and oxygen atoms in total. The first-order valence-electron chi connectivity index (χ1n) is 4.47. The van der Waals surface area contributed by atoms with Crippen molar-refractivity contribution in [3.8, 4) is 0 Å². The summed E-state index contributed by atoms with van der Waals surface area (Å²) < 4.78 is 0. The van der Waals surface area contributed by atoms with E-state index >= 15 is 0 Å². The summed E-state index contributed by atoms with van der Waals surface area (Å²) in [5, 5.41) is 11.2. The van der Waals surface area contributed by atoms with Crippen LogP contribution < -0.4 is 5.32 Å². The molecule has 78 valence electrons. The summed E-state index contributed by atoms with van der Waals surface area (Å²) in [4.78, 5) is 12.2. The molecule has 0 amide bonds. The van der Waals surface area contributed by atoms with Gasteiger partial charge in [-0.1, -0.05) is 0 Å². The number of nitrogens with one attached hydrogen (secondary N) is 2. The number of anilines is 1. The van der Waals surface area contributed by atoms with Crippen LogP contribution in [0.25, 0.3) is 0 Å². The van der Waals surface area contributed by atoms with Crippen LogP contribution in [0.15, 0.2) is 28.9 Å². The van der Waals surface area contributed by atoms with Crippen molar-refractivity contribution in [2.24, 2.45) is 0 Å². The molecule has 0 atom stereocenters. The van der Waals surface area contributed by atoms with E-state index in [2.05, 4.69) is 30.5 Å². The summed E-state index contributed by atoms with van der Waals surface area (Å²) in [6, 6.07) is 1.87. The molecule has 15 heavy (non-hydrogen) atoms. The third-order valence-electron chi connectivity index (χ3n) is 1.59. The van der Waals surface area contributed by atoms with Crippen molar-refractivity contribution in [1.82, 2.24) is 25.1 Å². The third kappa shape index (κ3) is 2.66. The van der Waals surface area contributed by atoms with E-state index in [0.29, 0.717) is 0 Å². The van der Waals surface area contributed by atoms with Gasteiger partial charge in [0.15, 0.2) is 5.16 Å². The summed E-state index contributed by atoms with van der Waals surface area (Å²) in [6.45, 7) is 2.86. The van der Waals surface area contributed by atoms with Gasteiger partial charge >= 0.3 is 0 Å². The van der Waals surface area contributed by atoms with Gasteiger partial charge in [0.1, 0.15) is 23.5 Å². The van der Waals surface area contributed by atoms with Gasteiger partial charge in [0, 0.05) is 12.6 Å². The minimum absolute atomic E-state index is 0.719. The molecule has 0 radical (unpaired) electrons. The van der Waals surface area contributed by atoms with Crippen LogP contribution in [0.2, 0.25) is 0 Å². The topological polar surface area (TPSA) is 79.4 Å². The molecule has 0 aliphatic carbocycles. The molecule has 0 saturated heterocycles. The molecular weight excluding hydrogens is 212 g/mol. The predicted molar refractivity (Wildman–Crippen MR) is 56.7 cm³/mol. The molecule has 2 aromatic heterocycles. The Kier molecular flexibility index (Phi) is 3.13. The lowest BCUT2D eigenvalue weighted by Crippen LogP contribution is -1.99. The smallest absolute Gasteiger partial charge is 0.189 e. The standard InChI is InChI=1S/C8H10N6S/c1-2-9-6-3-7(11-4-10-6)15-8-12-5-13-14-8/h3-5H,2H2,1H3,(H,9,10,11)(H,12,13,14). The molecule has 0 saturated carbocycles. The SMILES string of the molecule is CCNc1cc(Sc2ncn[nH]2)ncn1. The predicted octanol–water partition coefficient (Wildman–Crippen LogP) is 1.18. The van der Waals surface area contributed by atoms with E-state index in [-0.39, 0.29) is 0 Å². The van der Waals surface area contributed by atoms with Gasteiger partial charge < -0.3 is 5.32 Å². The van der Waals surface area contributed by atoms with Crippen LogP contribution in [-0.2, 0) is 0 Å². The Bertz CT molecular complexity index is 415. The van der Waals surface area contributed by atoms with Crippen molar-refractivity contribution in [1.29, 1.82) is 0 Å². The van der Waals surface area contributed by atoms with Crippen LogP contribution in [0.1, 0.15) is 6.92 Å². The molecule has 2 N–H and O–H groups in total. The van der Waals surface area contributed by atoms with Crippen LogP contribution >= 0.6 is 11.8 Å². The highest BCUT2D eigenvalue weighted by molar-refractivity contribution is 7.99. The molecule has 0 aliphatic rings. The molecule has 0 unspecified atom stereocenters. The van der Waals surface area contributed by atoms with Crippen molar-refractivity contribution in [3.63, 3.8) is 0 Å². The van der Waals surface area contributed by atoms with E-state index in [1.807, 2.05) is 13.0 Å². The molecule has 0 spiro atoms. The number of H-pyrrole nitrogens is 1. The summed E-state index contributed by atoms with van der Waals surface area (Å²) >= 11 is 1.41. The fourth-order valence-electron chi connectivity index (χ4n) is 1.02. The molecule has 0 fully saturated rings. The molecule has 2 rings (SSSR count). The van der Waals surface area contributed by atoms with E-state index in [1.54, 1.807) is 0 Å². The number of hydrogen-bond acceptors (Lipinski definition) is 6. The van der Waals surface area contributed by atoms with Crippen molar-refractivity contribution in [2.45, 2.75) is 17.1 Å². The van der Waals surface area contributed by atoms with Gasteiger partial charge in [-0.25, -0.2) is 15.0 Å². The van der Waals surface area contributed by atoms with Crippen LogP contribution in [0.3, 0.4) is 0 Å². The lowest BCUT2D eigenvalue weighted by molar-refractivity contribution is 0.961. The number of rotatable bonds is 4. The quantitative estimate of drug-likeness (QED) is 0.756. The maximum absolute atomic E-state index is 4.12. The van der Waals surface area contributed by atoms with E-state index in [0.717, 1.165) is 22.5 Å². The third-order valence-corrected chi connectivity index (χ3v) is 2.42. The molecular formula is C8H10N6S. The number of nitrogens with zero attached hydrogens (tertiary/aromatic N) is 4. The maximum atomic E-state index is 4.12. The van der Waals surface area contributed by atoms with Gasteiger partial charge in [0.2, 0.25) is 0 Å². The Labute approximate surface area is 90.9 Å². The monoisotopic (exact) mass is 222 g/mol. The van der Waals surface area contributed by atoms with Gasteiger partial charge in [0.25, 0.3) is 0 Å². The van der Waals surface area contributed by atoms with Crippen molar-refractivity contribution in [3.05, 3.63) is 18.7 Å². The van der Waals surface area contributed by atoms with Crippen molar-refractivity contribution in [2.75, 3.05) is 11.9 Å². The largest absolute Gasteiger partial charge is 0.370 e. The molecule has 0 aromatic carbocycles. The maximum Gasteiger partial charge on any atom is 0.189 e. The molecule has 2 heterocycles. The van der Waals surface area contributed by atoms with Crippen LogP contribution in [0.5, 0.6) is 0 Å². The van der Waals surface area contributed by atoms with E-state index in [9.17, 15) is 0 Å². The average Bonchev–Trinajstić information content (AvgIpc) is 2.71. The van der Waals surface area contributed by atoms with Crippen LogP contribution in [-0.4, -0.2) is 31.7 Å². The highest BCUT2D eigenvalue weighted by Gasteiger charge is 2.02. The Morgan fingerprint density at radius 3 is 3.00 bits per heavy atom. The lowest BCUT2D eigenvalue weighted by Gasteiger charge is -2.02. The summed E-state index contributed by atoms with van der Waals surface area (Å²) in [5.74, 6) is 0.814. The Morgan fingerprint density at radius 2 is 2.27 bits per heavy atom. The minimum Gasteiger partial charge on any atom is -0.370 e. The Morgan fingerprint density at radius 1 is 1.33 bits per heavy atom. The average molecular weight is 222 g/mol. The second kappa shape index (κ2) is 4.74.